The van der Waals surface area contributed by atoms with Gasteiger partial charge >= 0.3 is 0 Å². The van der Waals surface area contributed by atoms with Crippen LogP contribution in [0, 0.1) is 11.3 Å². The second kappa shape index (κ2) is 9.71. The smallest absolute Gasteiger partial charge is 0.244 e. The predicted molar refractivity (Wildman–Crippen MR) is 117 cm³/mol. The number of nitrogens with zero attached hydrogens (tertiary/aromatic N) is 4. The summed E-state index contributed by atoms with van der Waals surface area (Å²) in [6.45, 7) is 1.96. The molecule has 158 valence electrons. The summed E-state index contributed by atoms with van der Waals surface area (Å²) >= 11 is 3.52. The number of rotatable bonds is 6. The summed E-state index contributed by atoms with van der Waals surface area (Å²) in [5.74, 6) is -0.0287. The lowest BCUT2D eigenvalue weighted by molar-refractivity contribution is -0.133. The van der Waals surface area contributed by atoms with Crippen molar-refractivity contribution in [3.05, 3.63) is 64.1 Å². The first-order valence-corrected chi connectivity index (χ1v) is 11.7. The Balaban J connectivity index is 1.58. The molecule has 0 aliphatic carbocycles. The molecule has 3 rings (SSSR count). The topological polar surface area (TPSA) is 84.7 Å². The maximum absolute atomic E-state index is 12.9. The second-order valence-electron chi connectivity index (χ2n) is 7.16. The molecule has 0 aromatic heterocycles. The van der Waals surface area contributed by atoms with Gasteiger partial charge in [0, 0.05) is 37.2 Å². The molecule has 0 N–H and O–H groups in total. The lowest BCUT2D eigenvalue weighted by atomic mass is 10.2. The van der Waals surface area contributed by atoms with E-state index in [2.05, 4.69) is 15.9 Å². The fraction of sp³-hybridized carbons (Fsp3) is 0.333. The lowest BCUT2D eigenvalue weighted by Gasteiger charge is -2.35. The summed E-state index contributed by atoms with van der Waals surface area (Å²) in [6, 6.07) is 16.0. The number of hydrogen-bond donors (Lipinski definition) is 0. The highest BCUT2D eigenvalue weighted by molar-refractivity contribution is 9.10. The van der Waals surface area contributed by atoms with Gasteiger partial charge in [-0.25, -0.2) is 8.42 Å². The van der Waals surface area contributed by atoms with E-state index in [1.807, 2.05) is 42.3 Å². The van der Waals surface area contributed by atoms with Gasteiger partial charge in [0.1, 0.15) is 6.07 Å². The summed E-state index contributed by atoms with van der Waals surface area (Å²) in [5, 5.41) is 9.21. The summed E-state index contributed by atoms with van der Waals surface area (Å²) < 4.78 is 28.2. The zero-order valence-electron chi connectivity index (χ0n) is 16.7. The van der Waals surface area contributed by atoms with E-state index < -0.39 is 10.0 Å². The van der Waals surface area contributed by atoms with Crippen LogP contribution in [-0.4, -0.2) is 68.2 Å². The number of sulfonamides is 1. The highest BCUT2D eigenvalue weighted by Gasteiger charge is 2.31. The summed E-state index contributed by atoms with van der Waals surface area (Å²) in [7, 11) is -1.88. The van der Waals surface area contributed by atoms with Crippen LogP contribution in [0.1, 0.15) is 11.1 Å². The monoisotopic (exact) mass is 490 g/mol. The number of hydrogen-bond acceptors (Lipinski definition) is 5. The largest absolute Gasteiger partial charge is 0.339 e. The third-order valence-electron chi connectivity index (χ3n) is 5.02. The van der Waals surface area contributed by atoms with Gasteiger partial charge in [0.05, 0.1) is 17.0 Å². The van der Waals surface area contributed by atoms with Gasteiger partial charge < -0.3 is 4.90 Å². The third-order valence-corrected chi connectivity index (χ3v) is 7.75. The minimum absolute atomic E-state index is 0.0143. The molecule has 0 spiro atoms. The van der Waals surface area contributed by atoms with Crippen LogP contribution in [0.5, 0.6) is 0 Å². The molecule has 1 aliphatic rings. The Morgan fingerprint density at radius 1 is 1.10 bits per heavy atom. The van der Waals surface area contributed by atoms with E-state index in [0.29, 0.717) is 19.6 Å². The average molecular weight is 491 g/mol. The molecular weight excluding hydrogens is 468 g/mol. The zero-order chi connectivity index (χ0) is 21.7. The lowest BCUT2D eigenvalue weighted by Crippen LogP contribution is -2.52. The highest BCUT2D eigenvalue weighted by Crippen LogP contribution is 2.21. The van der Waals surface area contributed by atoms with Gasteiger partial charge in [-0.05, 0) is 30.8 Å². The normalized spacial score (nSPS) is 15.2. The molecule has 9 heteroatoms. The zero-order valence-corrected chi connectivity index (χ0v) is 19.1. The maximum atomic E-state index is 12.9. The van der Waals surface area contributed by atoms with Crippen molar-refractivity contribution in [1.82, 2.24) is 14.1 Å². The SMILES string of the molecule is CN(CC(=O)N1CCN(S(=O)(=O)c2ccccc2C#N)CC1)Cc1ccccc1Br. The molecule has 0 bridgehead atoms. The van der Waals surface area contributed by atoms with E-state index >= 15 is 0 Å². The molecule has 1 saturated heterocycles. The summed E-state index contributed by atoms with van der Waals surface area (Å²) in [5.41, 5.74) is 1.23. The first-order chi connectivity index (χ1) is 14.3. The van der Waals surface area contributed by atoms with Gasteiger partial charge in [0.15, 0.2) is 0 Å². The predicted octanol–water partition coefficient (Wildman–Crippen LogP) is 2.29. The van der Waals surface area contributed by atoms with Crippen LogP contribution in [0.15, 0.2) is 57.9 Å². The summed E-state index contributed by atoms with van der Waals surface area (Å²) in [6.07, 6.45) is 0. The van der Waals surface area contributed by atoms with Crippen molar-refractivity contribution in [3.8, 4) is 6.07 Å². The van der Waals surface area contributed by atoms with Crippen molar-refractivity contribution in [3.63, 3.8) is 0 Å². The van der Waals surface area contributed by atoms with Crippen LogP contribution in [0.3, 0.4) is 0 Å². The molecule has 30 heavy (non-hydrogen) atoms. The Morgan fingerprint density at radius 2 is 1.73 bits per heavy atom. The molecule has 2 aromatic carbocycles. The molecule has 0 atom stereocenters. The standard InChI is InChI=1S/C21H23BrN4O3S/c1-24(15-18-7-2-4-8-19(18)22)16-21(27)25-10-12-26(13-11-25)30(28,29)20-9-5-3-6-17(20)14-23/h2-9H,10-13,15-16H2,1H3. The van der Waals surface area contributed by atoms with E-state index in [1.165, 1.54) is 16.4 Å². The summed E-state index contributed by atoms with van der Waals surface area (Å²) in [4.78, 5) is 16.3. The van der Waals surface area contributed by atoms with Crippen LogP contribution in [0.4, 0.5) is 0 Å². The van der Waals surface area contributed by atoms with Crippen LogP contribution < -0.4 is 0 Å². The van der Waals surface area contributed by atoms with Gasteiger partial charge in [-0.1, -0.05) is 46.3 Å². The van der Waals surface area contributed by atoms with E-state index in [-0.39, 0.29) is 36.0 Å². The average Bonchev–Trinajstić information content (AvgIpc) is 2.75. The number of nitriles is 1. The van der Waals surface area contributed by atoms with Gasteiger partial charge in [-0.3, -0.25) is 9.69 Å². The molecule has 0 unspecified atom stereocenters. The minimum atomic E-state index is -3.77. The first-order valence-electron chi connectivity index (χ1n) is 9.52. The number of carbonyl (C=O) groups excluding carboxylic acids is 1. The number of likely N-dealkylation sites (N-methyl/N-ethyl adjacent to an activating group) is 1. The maximum Gasteiger partial charge on any atom is 0.244 e. The Morgan fingerprint density at radius 3 is 2.40 bits per heavy atom. The molecule has 7 nitrogen and oxygen atoms in total. The van der Waals surface area contributed by atoms with Crippen molar-refractivity contribution in [2.75, 3.05) is 39.8 Å². The number of carbonyl (C=O) groups is 1. The van der Waals surface area contributed by atoms with Gasteiger partial charge in [0.25, 0.3) is 0 Å². The molecular formula is C21H23BrN4O3S. The Kier molecular flexibility index (Phi) is 7.26. The molecule has 0 saturated carbocycles. The first kappa shape index (κ1) is 22.4. The molecule has 1 amide bonds. The Labute approximate surface area is 185 Å². The Bertz CT molecular complexity index is 1060. The minimum Gasteiger partial charge on any atom is -0.339 e. The third kappa shape index (κ3) is 5.08. The fourth-order valence-corrected chi connectivity index (χ4v) is 5.38. The molecule has 1 heterocycles. The van der Waals surface area contributed by atoms with Crippen molar-refractivity contribution < 1.29 is 13.2 Å². The number of piperazine rings is 1. The van der Waals surface area contributed by atoms with Crippen molar-refractivity contribution in [2.45, 2.75) is 11.4 Å². The molecule has 0 radical (unpaired) electrons. The second-order valence-corrected chi connectivity index (χ2v) is 9.92. The van der Waals surface area contributed by atoms with Crippen LogP contribution >= 0.6 is 15.9 Å². The van der Waals surface area contributed by atoms with Gasteiger partial charge in [-0.2, -0.15) is 9.57 Å². The van der Waals surface area contributed by atoms with E-state index in [4.69, 9.17) is 0 Å². The van der Waals surface area contributed by atoms with E-state index in [9.17, 15) is 18.5 Å². The number of benzene rings is 2. The molecule has 1 aliphatic heterocycles. The highest BCUT2D eigenvalue weighted by atomic mass is 79.9. The quantitative estimate of drug-likeness (QED) is 0.619. The van der Waals surface area contributed by atoms with Crippen molar-refractivity contribution >= 4 is 31.9 Å². The van der Waals surface area contributed by atoms with Crippen molar-refractivity contribution in [2.24, 2.45) is 0 Å². The van der Waals surface area contributed by atoms with Crippen LogP contribution in [0.25, 0.3) is 0 Å². The number of halogens is 1. The van der Waals surface area contributed by atoms with Crippen molar-refractivity contribution in [1.29, 1.82) is 5.26 Å². The van der Waals surface area contributed by atoms with Crippen LogP contribution in [0.2, 0.25) is 0 Å². The van der Waals surface area contributed by atoms with Gasteiger partial charge in [0.2, 0.25) is 15.9 Å². The Hall–Kier alpha value is -2.25. The van der Waals surface area contributed by atoms with E-state index in [0.717, 1.165) is 10.0 Å². The molecule has 2 aromatic rings. The van der Waals surface area contributed by atoms with Crippen LogP contribution in [-0.2, 0) is 21.4 Å². The van der Waals surface area contributed by atoms with E-state index in [1.54, 1.807) is 17.0 Å². The van der Waals surface area contributed by atoms with Gasteiger partial charge in [-0.15, -0.1) is 0 Å². The fourth-order valence-electron chi connectivity index (χ4n) is 3.41. The number of amides is 1. The molecule has 1 fully saturated rings.